The second-order valence-electron chi connectivity index (χ2n) is 6.64. The van der Waals surface area contributed by atoms with E-state index in [0.717, 1.165) is 29.7 Å². The van der Waals surface area contributed by atoms with Gasteiger partial charge >= 0.3 is 5.97 Å². The number of rotatable bonds is 6. The van der Waals surface area contributed by atoms with Crippen molar-refractivity contribution >= 4 is 33.9 Å². The van der Waals surface area contributed by atoms with Gasteiger partial charge in [0.25, 0.3) is 11.6 Å². The molecule has 0 radical (unpaired) electrons. The minimum absolute atomic E-state index is 0.0575. The van der Waals surface area contributed by atoms with E-state index in [9.17, 15) is 19.7 Å². The molecule has 1 N–H and O–H groups in total. The molecule has 1 amide bonds. The number of methoxy groups -OCH3 is 1. The highest BCUT2D eigenvalue weighted by atomic mass is 32.1. The van der Waals surface area contributed by atoms with Crippen LogP contribution in [-0.2, 0) is 22.4 Å². The summed E-state index contributed by atoms with van der Waals surface area (Å²) in [6.07, 6.45) is 2.65. The van der Waals surface area contributed by atoms with Gasteiger partial charge in [-0.3, -0.25) is 14.9 Å². The molecule has 0 fully saturated rings. The van der Waals surface area contributed by atoms with Gasteiger partial charge in [0.2, 0.25) is 0 Å². The fourth-order valence-corrected chi connectivity index (χ4v) is 4.55. The highest BCUT2D eigenvalue weighted by Crippen LogP contribution is 2.40. The molecule has 1 aromatic heterocycles. The Hall–Kier alpha value is -2.94. The number of non-ortho nitro benzene ring substituents is 1. The Balaban J connectivity index is 1.69. The van der Waals surface area contributed by atoms with Crippen molar-refractivity contribution in [3.05, 3.63) is 50.4 Å². The Kier molecular flexibility index (Phi) is 5.93. The number of hydrogen-bond acceptors (Lipinski definition) is 7. The summed E-state index contributed by atoms with van der Waals surface area (Å²) in [6.45, 7) is 1.88. The van der Waals surface area contributed by atoms with E-state index >= 15 is 0 Å². The first-order chi connectivity index (χ1) is 13.4. The fraction of sp³-hybridized carbons (Fsp3) is 0.368. The number of fused-ring (bicyclic) bond motifs is 1. The van der Waals surface area contributed by atoms with Gasteiger partial charge < -0.3 is 14.8 Å². The third-order valence-corrected chi connectivity index (χ3v) is 5.74. The van der Waals surface area contributed by atoms with Crippen LogP contribution in [0.1, 0.15) is 34.1 Å². The molecule has 0 saturated carbocycles. The molecule has 0 aliphatic heterocycles. The van der Waals surface area contributed by atoms with Crippen molar-refractivity contribution in [1.29, 1.82) is 0 Å². The SMILES string of the molecule is COC(=O)c1c(NC(=O)COc2ccc([N+](=O)[O-])cc2)sc2c1CC[C@@H](C)C2. The average molecular weight is 404 g/mol. The summed E-state index contributed by atoms with van der Waals surface area (Å²) in [4.78, 5) is 35.8. The average Bonchev–Trinajstić information content (AvgIpc) is 3.02. The topological polar surface area (TPSA) is 108 Å². The number of hydrogen-bond donors (Lipinski definition) is 1. The van der Waals surface area contributed by atoms with Gasteiger partial charge in [-0.2, -0.15) is 0 Å². The van der Waals surface area contributed by atoms with Crippen LogP contribution in [0.4, 0.5) is 10.7 Å². The minimum atomic E-state index is -0.510. The molecular formula is C19H20N2O6S. The predicted molar refractivity (Wildman–Crippen MR) is 104 cm³/mol. The molecule has 28 heavy (non-hydrogen) atoms. The maximum Gasteiger partial charge on any atom is 0.341 e. The molecule has 0 saturated heterocycles. The van der Waals surface area contributed by atoms with E-state index in [1.54, 1.807) is 0 Å². The lowest BCUT2D eigenvalue weighted by molar-refractivity contribution is -0.384. The molecule has 1 aliphatic carbocycles. The first-order valence-electron chi connectivity index (χ1n) is 8.79. The van der Waals surface area contributed by atoms with E-state index in [1.165, 1.54) is 42.7 Å². The van der Waals surface area contributed by atoms with E-state index in [-0.39, 0.29) is 12.3 Å². The molecule has 3 rings (SSSR count). The van der Waals surface area contributed by atoms with Crippen LogP contribution in [0, 0.1) is 16.0 Å². The Morgan fingerprint density at radius 2 is 2.04 bits per heavy atom. The van der Waals surface area contributed by atoms with Crippen LogP contribution in [0.25, 0.3) is 0 Å². The zero-order valence-electron chi connectivity index (χ0n) is 15.5. The molecule has 1 aliphatic rings. The Labute approximate surface area is 165 Å². The Bertz CT molecular complexity index is 906. The largest absolute Gasteiger partial charge is 0.484 e. The highest BCUT2D eigenvalue weighted by Gasteiger charge is 2.28. The van der Waals surface area contributed by atoms with Gasteiger partial charge in [-0.1, -0.05) is 6.92 Å². The number of nitrogens with zero attached hydrogens (tertiary/aromatic N) is 1. The summed E-state index contributed by atoms with van der Waals surface area (Å²) in [5.74, 6) is -0.00676. The Morgan fingerprint density at radius 1 is 1.32 bits per heavy atom. The lowest BCUT2D eigenvalue weighted by atomic mass is 9.88. The van der Waals surface area contributed by atoms with Crippen molar-refractivity contribution in [2.75, 3.05) is 19.0 Å². The molecule has 0 spiro atoms. The quantitative estimate of drug-likeness (QED) is 0.448. The van der Waals surface area contributed by atoms with E-state index in [0.29, 0.717) is 22.2 Å². The summed E-state index contributed by atoms with van der Waals surface area (Å²) >= 11 is 1.40. The third-order valence-electron chi connectivity index (χ3n) is 4.57. The van der Waals surface area contributed by atoms with Crippen molar-refractivity contribution in [3.8, 4) is 5.75 Å². The smallest absolute Gasteiger partial charge is 0.341 e. The van der Waals surface area contributed by atoms with Crippen molar-refractivity contribution in [2.24, 2.45) is 5.92 Å². The highest BCUT2D eigenvalue weighted by molar-refractivity contribution is 7.17. The number of carbonyl (C=O) groups excluding carboxylic acids is 2. The predicted octanol–water partition coefficient (Wildman–Crippen LogP) is 3.59. The van der Waals surface area contributed by atoms with Crippen molar-refractivity contribution < 1.29 is 24.0 Å². The van der Waals surface area contributed by atoms with Crippen LogP contribution in [0.2, 0.25) is 0 Å². The normalized spacial score (nSPS) is 15.4. The number of benzene rings is 1. The molecule has 2 aromatic rings. The number of thiophene rings is 1. The number of ether oxygens (including phenoxy) is 2. The zero-order chi connectivity index (χ0) is 20.3. The van der Waals surface area contributed by atoms with E-state index in [4.69, 9.17) is 9.47 Å². The number of nitrogens with one attached hydrogen (secondary N) is 1. The molecule has 9 heteroatoms. The van der Waals surface area contributed by atoms with Crippen LogP contribution in [0.3, 0.4) is 0 Å². The number of anilines is 1. The lowest BCUT2D eigenvalue weighted by Gasteiger charge is -2.18. The van der Waals surface area contributed by atoms with Crippen LogP contribution in [-0.4, -0.2) is 30.5 Å². The summed E-state index contributed by atoms with van der Waals surface area (Å²) in [5, 5.41) is 13.9. The molecule has 148 valence electrons. The molecular weight excluding hydrogens is 384 g/mol. The van der Waals surface area contributed by atoms with Crippen LogP contribution in [0.5, 0.6) is 5.75 Å². The van der Waals surface area contributed by atoms with Crippen LogP contribution in [0.15, 0.2) is 24.3 Å². The Morgan fingerprint density at radius 3 is 2.68 bits per heavy atom. The maximum absolute atomic E-state index is 12.3. The van der Waals surface area contributed by atoms with Gasteiger partial charge in [0.1, 0.15) is 10.8 Å². The standard InChI is InChI=1S/C19H20N2O6S/c1-11-3-8-14-15(9-11)28-18(17(14)19(23)26-2)20-16(22)10-27-13-6-4-12(5-7-13)21(24)25/h4-7,11H,3,8-10H2,1-2H3,(H,20,22)/t11-/m1/s1. The van der Waals surface area contributed by atoms with Gasteiger partial charge in [-0.05, 0) is 42.9 Å². The van der Waals surface area contributed by atoms with E-state index in [1.807, 2.05) is 0 Å². The number of carbonyl (C=O) groups is 2. The van der Waals surface area contributed by atoms with E-state index in [2.05, 4.69) is 12.2 Å². The van der Waals surface area contributed by atoms with E-state index < -0.39 is 16.8 Å². The van der Waals surface area contributed by atoms with Crippen LogP contribution >= 0.6 is 11.3 Å². The number of nitro benzene ring substituents is 1. The zero-order valence-corrected chi connectivity index (χ0v) is 16.3. The molecule has 1 heterocycles. The van der Waals surface area contributed by atoms with Crippen molar-refractivity contribution in [3.63, 3.8) is 0 Å². The summed E-state index contributed by atoms with van der Waals surface area (Å²) in [6, 6.07) is 5.46. The van der Waals surface area contributed by atoms with Gasteiger partial charge in [0, 0.05) is 17.0 Å². The molecule has 1 aromatic carbocycles. The molecule has 8 nitrogen and oxygen atoms in total. The summed E-state index contributed by atoms with van der Waals surface area (Å²) < 4.78 is 10.3. The van der Waals surface area contributed by atoms with Gasteiger partial charge in [-0.25, -0.2) is 4.79 Å². The molecule has 0 bridgehead atoms. The maximum atomic E-state index is 12.3. The fourth-order valence-electron chi connectivity index (χ4n) is 3.13. The molecule has 0 unspecified atom stereocenters. The number of esters is 1. The molecule has 1 atom stereocenters. The monoisotopic (exact) mass is 404 g/mol. The third kappa shape index (κ3) is 4.30. The van der Waals surface area contributed by atoms with Gasteiger partial charge in [0.15, 0.2) is 6.61 Å². The number of amides is 1. The summed E-state index contributed by atoms with van der Waals surface area (Å²) in [7, 11) is 1.32. The van der Waals surface area contributed by atoms with Crippen LogP contribution < -0.4 is 10.1 Å². The minimum Gasteiger partial charge on any atom is -0.484 e. The van der Waals surface area contributed by atoms with Crippen molar-refractivity contribution in [2.45, 2.75) is 26.2 Å². The van der Waals surface area contributed by atoms with Crippen molar-refractivity contribution in [1.82, 2.24) is 0 Å². The second-order valence-corrected chi connectivity index (χ2v) is 7.74. The van der Waals surface area contributed by atoms with Gasteiger partial charge in [0.05, 0.1) is 17.6 Å². The van der Waals surface area contributed by atoms with Gasteiger partial charge in [-0.15, -0.1) is 11.3 Å². The first-order valence-corrected chi connectivity index (χ1v) is 9.60. The lowest BCUT2D eigenvalue weighted by Crippen LogP contribution is -2.21. The summed E-state index contributed by atoms with van der Waals surface area (Å²) in [5.41, 5.74) is 1.33. The first kappa shape index (κ1) is 19.8. The number of nitro groups is 1. The second kappa shape index (κ2) is 8.39.